The van der Waals surface area contributed by atoms with Gasteiger partial charge in [-0.15, -0.1) is 0 Å². The van der Waals surface area contributed by atoms with E-state index in [1.54, 1.807) is 12.1 Å². The Hall–Kier alpha value is -2.49. The number of carbonyl (C=O) groups is 1. The second-order valence-corrected chi connectivity index (χ2v) is 9.09. The Labute approximate surface area is 168 Å². The molecule has 2 N–H and O–H groups in total. The Balaban J connectivity index is 1.77. The molecule has 156 valence electrons. The molecule has 3 rings (SSSR count). The van der Waals surface area contributed by atoms with Crippen LogP contribution in [0.1, 0.15) is 25.3 Å². The smallest absolute Gasteiger partial charge is 0.325 e. The largest absolute Gasteiger partial charge is 0.489 e. The summed E-state index contributed by atoms with van der Waals surface area (Å²) in [4.78, 5) is 11.6. The number of benzene rings is 2. The summed E-state index contributed by atoms with van der Waals surface area (Å²) in [7, 11) is -4.12. The van der Waals surface area contributed by atoms with E-state index in [2.05, 4.69) is 0 Å². The number of hydrogen-bond donors (Lipinski definition) is 2. The van der Waals surface area contributed by atoms with Crippen molar-refractivity contribution < 1.29 is 32.6 Å². The SMILES string of the molecule is CC1(O)CCCN(S(=O)(=O)c2ccc(OCc3ccc(F)cc3)cc2)C1C(=O)O. The van der Waals surface area contributed by atoms with Crippen molar-refractivity contribution in [2.24, 2.45) is 0 Å². The van der Waals surface area contributed by atoms with Gasteiger partial charge in [0.2, 0.25) is 10.0 Å². The molecule has 1 aliphatic rings. The number of aliphatic carboxylic acids is 1. The molecule has 29 heavy (non-hydrogen) atoms. The van der Waals surface area contributed by atoms with Crippen molar-refractivity contribution in [3.05, 3.63) is 59.9 Å². The lowest BCUT2D eigenvalue weighted by atomic mass is 9.88. The molecule has 0 aromatic heterocycles. The van der Waals surface area contributed by atoms with Crippen LogP contribution in [-0.2, 0) is 21.4 Å². The fourth-order valence-corrected chi connectivity index (χ4v) is 5.12. The summed E-state index contributed by atoms with van der Waals surface area (Å²) in [6.45, 7) is 1.53. The lowest BCUT2D eigenvalue weighted by Crippen LogP contribution is -2.60. The van der Waals surface area contributed by atoms with E-state index < -0.39 is 27.6 Å². The van der Waals surface area contributed by atoms with E-state index in [4.69, 9.17) is 4.74 Å². The minimum absolute atomic E-state index is 0.0122. The minimum atomic E-state index is -4.12. The van der Waals surface area contributed by atoms with Gasteiger partial charge in [0.05, 0.1) is 10.5 Å². The molecular formula is C20H22FNO6S. The topological polar surface area (TPSA) is 104 Å². The maximum atomic E-state index is 13.0. The molecule has 1 fully saturated rings. The van der Waals surface area contributed by atoms with E-state index in [-0.39, 0.29) is 30.3 Å². The van der Waals surface area contributed by atoms with Crippen LogP contribution in [0.25, 0.3) is 0 Å². The lowest BCUT2D eigenvalue weighted by molar-refractivity contribution is -0.153. The summed E-state index contributed by atoms with van der Waals surface area (Å²) >= 11 is 0. The Morgan fingerprint density at radius 3 is 2.41 bits per heavy atom. The van der Waals surface area contributed by atoms with Gasteiger partial charge in [0.25, 0.3) is 0 Å². The molecule has 1 heterocycles. The number of aliphatic hydroxyl groups is 1. The summed E-state index contributed by atoms with van der Waals surface area (Å²) in [5.41, 5.74) is -0.905. The van der Waals surface area contributed by atoms with Gasteiger partial charge in [-0.2, -0.15) is 4.31 Å². The maximum absolute atomic E-state index is 13.0. The zero-order valence-corrected chi connectivity index (χ0v) is 16.6. The van der Waals surface area contributed by atoms with Gasteiger partial charge in [-0.25, -0.2) is 12.8 Å². The van der Waals surface area contributed by atoms with Crippen LogP contribution in [0.15, 0.2) is 53.4 Å². The van der Waals surface area contributed by atoms with E-state index in [1.807, 2.05) is 0 Å². The van der Waals surface area contributed by atoms with Gasteiger partial charge in [-0.05, 0) is 61.7 Å². The first-order valence-corrected chi connectivity index (χ1v) is 10.5. The number of sulfonamides is 1. The van der Waals surface area contributed by atoms with Crippen LogP contribution in [0.4, 0.5) is 4.39 Å². The third-order valence-electron chi connectivity index (χ3n) is 4.92. The van der Waals surface area contributed by atoms with Crippen LogP contribution < -0.4 is 4.74 Å². The quantitative estimate of drug-likeness (QED) is 0.739. The molecule has 2 atom stereocenters. The van der Waals surface area contributed by atoms with Crippen molar-refractivity contribution in [3.63, 3.8) is 0 Å². The molecule has 0 bridgehead atoms. The summed E-state index contributed by atoms with van der Waals surface area (Å²) in [5, 5.41) is 19.9. The summed E-state index contributed by atoms with van der Waals surface area (Å²) < 4.78 is 45.3. The molecule has 2 aromatic rings. The molecule has 2 unspecified atom stereocenters. The molecule has 0 spiro atoms. The fraction of sp³-hybridized carbons (Fsp3) is 0.350. The van der Waals surface area contributed by atoms with Crippen molar-refractivity contribution in [1.29, 1.82) is 0 Å². The lowest BCUT2D eigenvalue weighted by Gasteiger charge is -2.41. The molecule has 1 saturated heterocycles. The molecule has 9 heteroatoms. The molecule has 0 aliphatic carbocycles. The van der Waals surface area contributed by atoms with Crippen LogP contribution in [0.3, 0.4) is 0 Å². The third kappa shape index (κ3) is 4.58. The van der Waals surface area contributed by atoms with Crippen LogP contribution in [-0.4, -0.2) is 47.1 Å². The van der Waals surface area contributed by atoms with Crippen molar-refractivity contribution in [1.82, 2.24) is 4.31 Å². The van der Waals surface area contributed by atoms with Crippen LogP contribution in [0, 0.1) is 5.82 Å². The van der Waals surface area contributed by atoms with Gasteiger partial charge in [-0.3, -0.25) is 4.79 Å². The van der Waals surface area contributed by atoms with E-state index in [1.165, 1.54) is 43.3 Å². The Kier molecular flexibility index (Phi) is 5.92. The third-order valence-corrected chi connectivity index (χ3v) is 6.80. The molecule has 0 radical (unpaired) electrons. The van der Waals surface area contributed by atoms with Gasteiger partial charge >= 0.3 is 5.97 Å². The van der Waals surface area contributed by atoms with E-state index in [9.17, 15) is 27.8 Å². The number of hydrogen-bond acceptors (Lipinski definition) is 5. The van der Waals surface area contributed by atoms with Gasteiger partial charge in [-0.1, -0.05) is 12.1 Å². The van der Waals surface area contributed by atoms with E-state index in [0.29, 0.717) is 12.2 Å². The average Bonchev–Trinajstić information content (AvgIpc) is 2.66. The molecule has 7 nitrogen and oxygen atoms in total. The van der Waals surface area contributed by atoms with Crippen LogP contribution in [0.5, 0.6) is 5.75 Å². The second-order valence-electron chi connectivity index (χ2n) is 7.20. The average molecular weight is 423 g/mol. The standard InChI is InChI=1S/C20H22FNO6S/c1-20(25)11-2-12-22(18(20)19(23)24)29(26,27)17-9-7-16(8-10-17)28-13-14-3-5-15(21)6-4-14/h3-10,18,25H,2,11-13H2,1H3,(H,23,24). The van der Waals surface area contributed by atoms with Gasteiger partial charge < -0.3 is 14.9 Å². The first-order chi connectivity index (χ1) is 13.6. The molecule has 0 saturated carbocycles. The van der Waals surface area contributed by atoms with Crippen molar-refractivity contribution in [2.75, 3.05) is 6.54 Å². The maximum Gasteiger partial charge on any atom is 0.325 e. The van der Waals surface area contributed by atoms with Crippen molar-refractivity contribution >= 4 is 16.0 Å². The van der Waals surface area contributed by atoms with Gasteiger partial charge in [0.1, 0.15) is 18.2 Å². The van der Waals surface area contributed by atoms with Crippen molar-refractivity contribution in [3.8, 4) is 5.75 Å². The predicted molar refractivity (Wildman–Crippen MR) is 102 cm³/mol. The highest BCUT2D eigenvalue weighted by molar-refractivity contribution is 7.89. The van der Waals surface area contributed by atoms with E-state index >= 15 is 0 Å². The number of ether oxygens (including phenoxy) is 1. The van der Waals surface area contributed by atoms with Crippen LogP contribution in [0.2, 0.25) is 0 Å². The zero-order chi connectivity index (χ0) is 21.2. The molecule has 1 aliphatic heterocycles. The molecule has 0 amide bonds. The minimum Gasteiger partial charge on any atom is -0.489 e. The highest BCUT2D eigenvalue weighted by Crippen LogP contribution is 2.32. The monoisotopic (exact) mass is 423 g/mol. The van der Waals surface area contributed by atoms with Crippen molar-refractivity contribution in [2.45, 2.75) is 42.9 Å². The number of nitrogens with zero attached hydrogens (tertiary/aromatic N) is 1. The first kappa shape index (κ1) is 21.2. The number of piperidine rings is 1. The summed E-state index contributed by atoms with van der Waals surface area (Å²) in [6, 6.07) is 9.85. The number of carboxylic acids is 1. The summed E-state index contributed by atoms with van der Waals surface area (Å²) in [6.07, 6.45) is 0.557. The van der Waals surface area contributed by atoms with Crippen LogP contribution >= 0.6 is 0 Å². The number of halogens is 1. The zero-order valence-electron chi connectivity index (χ0n) is 15.8. The second kappa shape index (κ2) is 8.10. The van der Waals surface area contributed by atoms with E-state index in [0.717, 1.165) is 9.87 Å². The van der Waals surface area contributed by atoms with Gasteiger partial charge in [0, 0.05) is 6.54 Å². The highest BCUT2D eigenvalue weighted by atomic mass is 32.2. The Morgan fingerprint density at radius 1 is 1.21 bits per heavy atom. The normalized spacial score (nSPS) is 22.9. The fourth-order valence-electron chi connectivity index (χ4n) is 3.41. The first-order valence-electron chi connectivity index (χ1n) is 9.05. The Morgan fingerprint density at radius 2 is 1.83 bits per heavy atom. The predicted octanol–water partition coefficient (Wildman–Crippen LogP) is 2.39. The number of carboxylic acid groups (broad SMARTS) is 1. The summed E-state index contributed by atoms with van der Waals surface area (Å²) in [5.74, 6) is -1.33. The highest BCUT2D eigenvalue weighted by Gasteiger charge is 2.49. The molecule has 2 aromatic carbocycles. The Bertz CT molecular complexity index is 973. The number of rotatable bonds is 6. The molecular weight excluding hydrogens is 401 g/mol. The van der Waals surface area contributed by atoms with Gasteiger partial charge in [0.15, 0.2) is 6.04 Å².